The smallest absolute Gasteiger partial charge is 0.244 e. The lowest BCUT2D eigenvalue weighted by molar-refractivity contribution is 0.617. The van der Waals surface area contributed by atoms with Crippen LogP contribution in [0.4, 0.5) is 0 Å². The molecule has 15 heavy (non-hydrogen) atoms. The molecule has 0 atom stereocenters. The molecule has 2 heterocycles. The zero-order valence-corrected chi connectivity index (χ0v) is 9.28. The summed E-state index contributed by atoms with van der Waals surface area (Å²) in [6.45, 7) is 0. The minimum absolute atomic E-state index is 0.619. The molecular weight excluding hydrogens is 256 g/mol. The summed E-state index contributed by atoms with van der Waals surface area (Å²) >= 11 is 3.40. The number of nitrogens with one attached hydrogen (secondary N) is 1. The van der Waals surface area contributed by atoms with E-state index in [1.54, 1.807) is 0 Å². The van der Waals surface area contributed by atoms with Gasteiger partial charge >= 0.3 is 0 Å². The van der Waals surface area contributed by atoms with Gasteiger partial charge in [0, 0.05) is 10.7 Å². The van der Waals surface area contributed by atoms with Crippen LogP contribution in [0.2, 0.25) is 0 Å². The van der Waals surface area contributed by atoms with Crippen LogP contribution in [0.15, 0.2) is 45.4 Å². The van der Waals surface area contributed by atoms with Gasteiger partial charge in [-0.25, -0.2) is 4.98 Å². The second-order valence-corrected chi connectivity index (χ2v) is 4.13. The minimum atomic E-state index is 0.619. The normalized spacial score (nSPS) is 11.0. The first-order valence-electron chi connectivity index (χ1n) is 4.53. The average molecular weight is 263 g/mol. The number of halogens is 1. The highest BCUT2D eigenvalue weighted by atomic mass is 79.9. The number of hydrogen-bond acceptors (Lipinski definition) is 2. The number of rotatable bonds is 1. The van der Waals surface area contributed by atoms with Gasteiger partial charge in [0.1, 0.15) is 11.2 Å². The summed E-state index contributed by atoms with van der Waals surface area (Å²) in [5, 5.41) is 0. The predicted octanol–water partition coefficient (Wildman–Crippen LogP) is 3.59. The van der Waals surface area contributed by atoms with Crippen LogP contribution in [0.1, 0.15) is 0 Å². The molecule has 74 valence electrons. The molecule has 0 bridgehead atoms. The molecule has 0 saturated carbocycles. The van der Waals surface area contributed by atoms with Crippen molar-refractivity contribution < 1.29 is 4.42 Å². The molecule has 3 aromatic rings. The Morgan fingerprint density at radius 2 is 2.20 bits per heavy atom. The van der Waals surface area contributed by atoms with Crippen molar-refractivity contribution in [2.75, 3.05) is 0 Å². The maximum absolute atomic E-state index is 5.60. The number of H-pyrrole nitrogens is 1. The molecule has 0 fully saturated rings. The summed E-state index contributed by atoms with van der Waals surface area (Å²) < 4.78 is 6.61. The molecule has 0 amide bonds. The number of aromatic nitrogens is 2. The lowest BCUT2D eigenvalue weighted by Crippen LogP contribution is -1.74. The van der Waals surface area contributed by atoms with Crippen molar-refractivity contribution >= 4 is 27.0 Å². The summed E-state index contributed by atoms with van der Waals surface area (Å²) in [6.07, 6.45) is 1.85. The van der Waals surface area contributed by atoms with E-state index in [9.17, 15) is 0 Å². The number of oxazole rings is 1. The van der Waals surface area contributed by atoms with Crippen molar-refractivity contribution in [3.8, 4) is 11.6 Å². The first-order valence-corrected chi connectivity index (χ1v) is 5.32. The first-order chi connectivity index (χ1) is 7.33. The van der Waals surface area contributed by atoms with E-state index in [1.165, 1.54) is 0 Å². The molecule has 3 rings (SSSR count). The Morgan fingerprint density at radius 3 is 3.00 bits per heavy atom. The summed E-state index contributed by atoms with van der Waals surface area (Å²) in [5.74, 6) is 0.619. The standard InChI is InChI=1S/C11H7BrN2O/c12-7-3-4-10-9(6-7)14-11(15-10)8-2-1-5-13-8/h1-6,13H. The monoisotopic (exact) mass is 262 g/mol. The van der Waals surface area contributed by atoms with Gasteiger partial charge in [0.05, 0.1) is 0 Å². The van der Waals surface area contributed by atoms with E-state index in [4.69, 9.17) is 4.42 Å². The van der Waals surface area contributed by atoms with Gasteiger partial charge in [-0.05, 0) is 30.3 Å². The number of aromatic amines is 1. The number of benzene rings is 1. The van der Waals surface area contributed by atoms with Crippen molar-refractivity contribution in [3.63, 3.8) is 0 Å². The number of fused-ring (bicyclic) bond motifs is 1. The lowest BCUT2D eigenvalue weighted by atomic mass is 10.3. The van der Waals surface area contributed by atoms with E-state index in [2.05, 4.69) is 25.9 Å². The maximum Gasteiger partial charge on any atom is 0.244 e. The Bertz CT molecular complexity index is 598. The van der Waals surface area contributed by atoms with Crippen LogP contribution < -0.4 is 0 Å². The highest BCUT2D eigenvalue weighted by Crippen LogP contribution is 2.25. The molecule has 2 aromatic heterocycles. The van der Waals surface area contributed by atoms with Gasteiger partial charge in [0.15, 0.2) is 5.58 Å². The third-order valence-corrected chi connectivity index (χ3v) is 2.67. The molecule has 0 saturated heterocycles. The summed E-state index contributed by atoms with van der Waals surface area (Å²) in [7, 11) is 0. The first kappa shape index (κ1) is 8.73. The zero-order valence-electron chi connectivity index (χ0n) is 7.70. The molecule has 4 heteroatoms. The van der Waals surface area contributed by atoms with Crippen molar-refractivity contribution in [1.82, 2.24) is 9.97 Å². The second-order valence-electron chi connectivity index (χ2n) is 3.21. The molecule has 0 aliphatic rings. The van der Waals surface area contributed by atoms with Crippen LogP contribution in [0.3, 0.4) is 0 Å². The van der Waals surface area contributed by atoms with Crippen molar-refractivity contribution in [2.24, 2.45) is 0 Å². The number of hydrogen-bond donors (Lipinski definition) is 1. The van der Waals surface area contributed by atoms with Crippen LogP contribution in [0.25, 0.3) is 22.7 Å². The quantitative estimate of drug-likeness (QED) is 0.729. The molecular formula is C11H7BrN2O. The second kappa shape index (κ2) is 3.24. The van der Waals surface area contributed by atoms with Crippen LogP contribution >= 0.6 is 15.9 Å². The number of nitrogens with zero attached hydrogens (tertiary/aromatic N) is 1. The molecule has 1 N–H and O–H groups in total. The van der Waals surface area contributed by atoms with Gasteiger partial charge in [-0.2, -0.15) is 0 Å². The van der Waals surface area contributed by atoms with Crippen molar-refractivity contribution in [2.45, 2.75) is 0 Å². The molecule has 0 aliphatic carbocycles. The predicted molar refractivity (Wildman–Crippen MR) is 61.5 cm³/mol. The van der Waals surface area contributed by atoms with Crippen LogP contribution in [-0.2, 0) is 0 Å². The Labute approximate surface area is 94.3 Å². The van der Waals surface area contributed by atoms with E-state index < -0.39 is 0 Å². The van der Waals surface area contributed by atoms with Crippen LogP contribution in [0, 0.1) is 0 Å². The van der Waals surface area contributed by atoms with Gasteiger partial charge in [-0.3, -0.25) is 0 Å². The fraction of sp³-hybridized carbons (Fsp3) is 0. The Morgan fingerprint density at radius 1 is 1.27 bits per heavy atom. The van der Waals surface area contributed by atoms with E-state index in [1.807, 2.05) is 36.5 Å². The molecule has 0 unspecified atom stereocenters. The summed E-state index contributed by atoms with van der Waals surface area (Å²) in [6, 6.07) is 9.62. The van der Waals surface area contributed by atoms with Crippen molar-refractivity contribution in [3.05, 3.63) is 41.0 Å². The third kappa shape index (κ3) is 1.47. The third-order valence-electron chi connectivity index (χ3n) is 2.18. The highest BCUT2D eigenvalue weighted by Gasteiger charge is 2.08. The van der Waals surface area contributed by atoms with Gasteiger partial charge in [-0.1, -0.05) is 15.9 Å². The summed E-state index contributed by atoms with van der Waals surface area (Å²) in [4.78, 5) is 7.45. The zero-order chi connectivity index (χ0) is 10.3. The molecule has 0 aliphatic heterocycles. The van der Waals surface area contributed by atoms with Gasteiger partial charge in [-0.15, -0.1) is 0 Å². The Kier molecular flexibility index (Phi) is 1.89. The fourth-order valence-electron chi connectivity index (χ4n) is 1.48. The van der Waals surface area contributed by atoms with E-state index in [0.29, 0.717) is 5.89 Å². The van der Waals surface area contributed by atoms with Gasteiger partial charge < -0.3 is 9.40 Å². The topological polar surface area (TPSA) is 41.8 Å². The highest BCUT2D eigenvalue weighted by molar-refractivity contribution is 9.10. The van der Waals surface area contributed by atoms with Crippen LogP contribution in [-0.4, -0.2) is 9.97 Å². The molecule has 0 spiro atoms. The van der Waals surface area contributed by atoms with Gasteiger partial charge in [0.25, 0.3) is 0 Å². The van der Waals surface area contributed by atoms with Gasteiger partial charge in [0.2, 0.25) is 5.89 Å². The SMILES string of the molecule is Brc1ccc2oc(-c3ccc[nH]3)nc2c1. The van der Waals surface area contributed by atoms with E-state index >= 15 is 0 Å². The molecule has 3 nitrogen and oxygen atoms in total. The van der Waals surface area contributed by atoms with E-state index in [-0.39, 0.29) is 0 Å². The van der Waals surface area contributed by atoms with Crippen LogP contribution in [0.5, 0.6) is 0 Å². The van der Waals surface area contributed by atoms with E-state index in [0.717, 1.165) is 21.3 Å². The lowest BCUT2D eigenvalue weighted by Gasteiger charge is -1.86. The fourth-order valence-corrected chi connectivity index (χ4v) is 1.83. The average Bonchev–Trinajstić information content (AvgIpc) is 2.84. The Hall–Kier alpha value is -1.55. The maximum atomic E-state index is 5.60. The Balaban J connectivity index is 2.22. The largest absolute Gasteiger partial charge is 0.435 e. The van der Waals surface area contributed by atoms with Crippen molar-refractivity contribution in [1.29, 1.82) is 0 Å². The minimum Gasteiger partial charge on any atom is -0.435 e. The molecule has 1 aromatic carbocycles. The molecule has 0 radical (unpaired) electrons. The summed E-state index contributed by atoms with van der Waals surface area (Å²) in [5.41, 5.74) is 2.54.